The van der Waals surface area contributed by atoms with Crippen molar-refractivity contribution in [2.45, 2.75) is 37.6 Å². The number of nitrogens with zero attached hydrogens (tertiary/aromatic N) is 1. The second kappa shape index (κ2) is 7.61. The summed E-state index contributed by atoms with van der Waals surface area (Å²) in [5.74, 6) is 1.21. The number of rotatable bonds is 4. The molecule has 1 aliphatic rings. The summed E-state index contributed by atoms with van der Waals surface area (Å²) in [5.41, 5.74) is 6.57. The van der Waals surface area contributed by atoms with Gasteiger partial charge in [0.25, 0.3) is 0 Å². The van der Waals surface area contributed by atoms with Crippen LogP contribution in [0.3, 0.4) is 0 Å². The van der Waals surface area contributed by atoms with E-state index in [2.05, 4.69) is 14.7 Å². The van der Waals surface area contributed by atoms with Crippen molar-refractivity contribution in [1.82, 2.24) is 9.97 Å². The van der Waals surface area contributed by atoms with Crippen LogP contribution in [0.5, 0.6) is 0 Å². The molecule has 18 heavy (non-hydrogen) atoms. The van der Waals surface area contributed by atoms with Crippen LogP contribution >= 0.6 is 24.8 Å². The summed E-state index contributed by atoms with van der Waals surface area (Å²) in [6.45, 7) is 0. The molecule has 0 aliphatic heterocycles. The summed E-state index contributed by atoms with van der Waals surface area (Å²) < 4.78 is 4.57. The first-order valence-electron chi connectivity index (χ1n) is 5.58. The van der Waals surface area contributed by atoms with Gasteiger partial charge in [0.05, 0.1) is 7.11 Å². The molecule has 0 saturated heterocycles. The molecule has 2 rings (SSSR count). The van der Waals surface area contributed by atoms with Gasteiger partial charge in [-0.1, -0.05) is 6.42 Å². The highest BCUT2D eigenvalue weighted by molar-refractivity contribution is 5.85. The first-order chi connectivity index (χ1) is 7.70. The molecule has 0 spiro atoms. The number of esters is 1. The lowest BCUT2D eigenvalue weighted by molar-refractivity contribution is -0.142. The van der Waals surface area contributed by atoms with Crippen molar-refractivity contribution in [3.05, 3.63) is 17.7 Å². The highest BCUT2D eigenvalue weighted by Gasteiger charge is 2.23. The number of nitrogens with one attached hydrogen (secondary N) is 1. The van der Waals surface area contributed by atoms with Crippen LogP contribution in [-0.2, 0) is 16.0 Å². The number of aromatic amines is 1. The van der Waals surface area contributed by atoms with Gasteiger partial charge in [0, 0.05) is 24.2 Å². The van der Waals surface area contributed by atoms with E-state index in [1.165, 1.54) is 26.4 Å². The van der Waals surface area contributed by atoms with Crippen LogP contribution in [0.15, 0.2) is 6.20 Å². The third-order valence-corrected chi connectivity index (χ3v) is 3.08. The number of aromatic nitrogens is 2. The van der Waals surface area contributed by atoms with Crippen molar-refractivity contribution in [1.29, 1.82) is 0 Å². The number of methoxy groups -OCH3 is 1. The first kappa shape index (κ1) is 17.2. The Labute approximate surface area is 119 Å². The van der Waals surface area contributed by atoms with Gasteiger partial charge >= 0.3 is 5.97 Å². The molecule has 1 aliphatic carbocycles. The Bertz CT molecular complexity index is 380. The maximum absolute atomic E-state index is 11.1. The Morgan fingerprint density at radius 3 is 2.78 bits per heavy atom. The van der Waals surface area contributed by atoms with Crippen LogP contribution in [-0.4, -0.2) is 29.1 Å². The van der Waals surface area contributed by atoms with Crippen LogP contribution in [0.1, 0.15) is 36.7 Å². The fraction of sp³-hybridized carbons (Fsp3) is 0.636. The van der Waals surface area contributed by atoms with E-state index in [4.69, 9.17) is 5.73 Å². The van der Waals surface area contributed by atoms with E-state index in [1.807, 2.05) is 0 Å². The zero-order valence-electron chi connectivity index (χ0n) is 10.2. The second-order valence-electron chi connectivity index (χ2n) is 4.26. The van der Waals surface area contributed by atoms with E-state index >= 15 is 0 Å². The van der Waals surface area contributed by atoms with E-state index in [1.54, 1.807) is 6.20 Å². The number of imidazole rings is 1. The van der Waals surface area contributed by atoms with Crippen LogP contribution in [0.2, 0.25) is 0 Å². The molecule has 1 aromatic heterocycles. The van der Waals surface area contributed by atoms with Crippen molar-refractivity contribution in [2.75, 3.05) is 7.11 Å². The summed E-state index contributed by atoms with van der Waals surface area (Å²) in [6.07, 6.45) is 5.90. The number of carbonyl (C=O) groups excluding carboxylic acids is 1. The summed E-state index contributed by atoms with van der Waals surface area (Å²) >= 11 is 0. The van der Waals surface area contributed by atoms with Crippen LogP contribution in [0.4, 0.5) is 0 Å². The van der Waals surface area contributed by atoms with Gasteiger partial charge in [0.2, 0.25) is 0 Å². The third-order valence-electron chi connectivity index (χ3n) is 3.08. The van der Waals surface area contributed by atoms with Crippen molar-refractivity contribution in [3.63, 3.8) is 0 Å². The smallest absolute Gasteiger partial charge is 0.323 e. The summed E-state index contributed by atoms with van der Waals surface area (Å²) in [7, 11) is 1.34. The van der Waals surface area contributed by atoms with E-state index < -0.39 is 6.04 Å². The topological polar surface area (TPSA) is 81.0 Å². The average Bonchev–Trinajstić information content (AvgIpc) is 2.62. The van der Waals surface area contributed by atoms with E-state index in [0.29, 0.717) is 12.3 Å². The average molecular weight is 296 g/mol. The number of hydrogen-bond acceptors (Lipinski definition) is 4. The van der Waals surface area contributed by atoms with Gasteiger partial charge in [0.1, 0.15) is 11.9 Å². The normalized spacial score (nSPS) is 15.9. The van der Waals surface area contributed by atoms with E-state index in [9.17, 15) is 4.79 Å². The Kier molecular flexibility index (Phi) is 7.28. The zero-order valence-corrected chi connectivity index (χ0v) is 11.9. The molecule has 1 aromatic rings. The standard InChI is InChI=1S/C11H17N3O2.2ClH/c1-16-11(15)9(12)5-8-6-13-10(14-8)7-3-2-4-7;;/h6-7,9H,2-5,12H2,1H3,(H,13,14);2*1H/t9-;;/m0../s1. The maximum Gasteiger partial charge on any atom is 0.323 e. The molecule has 5 nitrogen and oxygen atoms in total. The SMILES string of the molecule is COC(=O)[C@@H](N)Cc1cnc(C2CCC2)[nH]1.Cl.Cl. The lowest BCUT2D eigenvalue weighted by atomic mass is 9.85. The minimum atomic E-state index is -0.611. The van der Waals surface area contributed by atoms with Gasteiger partial charge < -0.3 is 15.5 Å². The van der Waals surface area contributed by atoms with E-state index in [0.717, 1.165) is 11.5 Å². The lowest BCUT2D eigenvalue weighted by Gasteiger charge is -2.22. The molecule has 1 atom stereocenters. The number of nitrogens with two attached hydrogens (primary N) is 1. The van der Waals surface area contributed by atoms with Crippen LogP contribution in [0, 0.1) is 0 Å². The molecule has 0 radical (unpaired) electrons. The Morgan fingerprint density at radius 2 is 2.28 bits per heavy atom. The fourth-order valence-corrected chi connectivity index (χ4v) is 1.84. The monoisotopic (exact) mass is 295 g/mol. The Balaban J connectivity index is 0.00000144. The molecule has 7 heteroatoms. The Morgan fingerprint density at radius 1 is 1.61 bits per heavy atom. The van der Waals surface area contributed by atoms with Crippen molar-refractivity contribution < 1.29 is 9.53 Å². The summed E-state index contributed by atoms with van der Waals surface area (Å²) in [6, 6.07) is -0.611. The summed E-state index contributed by atoms with van der Waals surface area (Å²) in [5, 5.41) is 0. The molecule has 0 bridgehead atoms. The molecule has 104 valence electrons. The highest BCUT2D eigenvalue weighted by Crippen LogP contribution is 2.34. The van der Waals surface area contributed by atoms with Gasteiger partial charge in [-0.3, -0.25) is 4.79 Å². The molecule has 1 heterocycles. The quantitative estimate of drug-likeness (QED) is 0.826. The van der Waals surface area contributed by atoms with Crippen LogP contribution < -0.4 is 5.73 Å². The van der Waals surface area contributed by atoms with Gasteiger partial charge in [-0.25, -0.2) is 4.98 Å². The molecule has 3 N–H and O–H groups in total. The molecule has 1 saturated carbocycles. The largest absolute Gasteiger partial charge is 0.468 e. The van der Waals surface area contributed by atoms with Crippen molar-refractivity contribution in [2.24, 2.45) is 5.73 Å². The van der Waals surface area contributed by atoms with Crippen molar-refractivity contribution >= 4 is 30.8 Å². The zero-order chi connectivity index (χ0) is 11.5. The van der Waals surface area contributed by atoms with Crippen molar-refractivity contribution in [3.8, 4) is 0 Å². The highest BCUT2D eigenvalue weighted by atomic mass is 35.5. The Hall–Kier alpha value is -0.780. The molecular formula is C11H19Cl2N3O2. The molecule has 1 fully saturated rings. The first-order valence-corrected chi connectivity index (χ1v) is 5.58. The van der Waals surface area contributed by atoms with Gasteiger partial charge in [-0.05, 0) is 12.8 Å². The van der Waals surface area contributed by atoms with Gasteiger partial charge in [0.15, 0.2) is 0 Å². The minimum Gasteiger partial charge on any atom is -0.468 e. The lowest BCUT2D eigenvalue weighted by Crippen LogP contribution is -2.33. The minimum absolute atomic E-state index is 0. The van der Waals surface area contributed by atoms with E-state index in [-0.39, 0.29) is 30.8 Å². The predicted molar refractivity (Wildman–Crippen MR) is 73.4 cm³/mol. The molecule has 0 unspecified atom stereocenters. The molecule has 0 aromatic carbocycles. The second-order valence-corrected chi connectivity index (χ2v) is 4.26. The summed E-state index contributed by atoms with van der Waals surface area (Å²) in [4.78, 5) is 18.7. The predicted octanol–water partition coefficient (Wildman–Crippen LogP) is 1.56. The van der Waals surface area contributed by atoms with Gasteiger partial charge in [-0.15, -0.1) is 24.8 Å². The van der Waals surface area contributed by atoms with Gasteiger partial charge in [-0.2, -0.15) is 0 Å². The number of halogens is 2. The molecular weight excluding hydrogens is 277 g/mol. The third kappa shape index (κ3) is 3.86. The number of H-pyrrole nitrogens is 1. The number of ether oxygens (including phenoxy) is 1. The van der Waals surface area contributed by atoms with Crippen LogP contribution in [0.25, 0.3) is 0 Å². The number of carbonyl (C=O) groups is 1. The maximum atomic E-state index is 11.1. The fourth-order valence-electron chi connectivity index (χ4n) is 1.84. The molecule has 0 amide bonds. The number of hydrogen-bond donors (Lipinski definition) is 2.